The van der Waals surface area contributed by atoms with Crippen molar-refractivity contribution in [2.75, 3.05) is 6.54 Å². The average molecular weight is 225 g/mol. The van der Waals surface area contributed by atoms with E-state index in [1.165, 1.54) is 0 Å². The van der Waals surface area contributed by atoms with Crippen molar-refractivity contribution in [1.29, 1.82) is 0 Å². The minimum atomic E-state index is -1.06. The Morgan fingerprint density at radius 2 is 1.93 bits per heavy atom. The molecule has 0 saturated carbocycles. The van der Waals surface area contributed by atoms with Gasteiger partial charge in [-0.05, 0) is 12.3 Å². The van der Waals surface area contributed by atoms with Crippen LogP contribution in [-0.2, 0) is 9.59 Å². The third-order valence-corrected chi connectivity index (χ3v) is 1.48. The first kappa shape index (κ1) is 15.7. The highest BCUT2D eigenvalue weighted by atomic mass is 35.5. The van der Waals surface area contributed by atoms with Crippen LogP contribution in [0.15, 0.2) is 0 Å². The number of hydrogen-bond donors (Lipinski definition) is 3. The fourth-order valence-corrected chi connectivity index (χ4v) is 0.909. The monoisotopic (exact) mass is 224 g/mol. The maximum Gasteiger partial charge on any atom is 0.322 e. The minimum absolute atomic E-state index is 0. The standard InChI is InChI=1S/C8H16N2O3.ClH/c1-5(2)3-6(9)8(13)10-4-7(11)12;/h5-6H,3-4,9H2,1-2H3,(H,10,13)(H,11,12);1H/t6-;/m0./s1. The van der Waals surface area contributed by atoms with Gasteiger partial charge in [0.05, 0.1) is 6.04 Å². The first-order valence-corrected chi connectivity index (χ1v) is 4.18. The molecule has 0 heterocycles. The number of carbonyl (C=O) groups is 2. The van der Waals surface area contributed by atoms with Crippen molar-refractivity contribution in [1.82, 2.24) is 5.32 Å². The fraction of sp³-hybridized carbons (Fsp3) is 0.750. The average Bonchev–Trinajstić information content (AvgIpc) is 1.98. The SMILES string of the molecule is CC(C)C[C@H](N)C(=O)NCC(=O)O.Cl. The van der Waals surface area contributed by atoms with E-state index in [4.69, 9.17) is 10.8 Å². The highest BCUT2D eigenvalue weighted by molar-refractivity contribution is 5.85. The van der Waals surface area contributed by atoms with Crippen molar-refractivity contribution in [3.63, 3.8) is 0 Å². The second kappa shape index (κ2) is 7.58. The molecule has 0 aromatic carbocycles. The zero-order valence-corrected chi connectivity index (χ0v) is 9.13. The Bertz CT molecular complexity index is 197. The fourth-order valence-electron chi connectivity index (χ4n) is 0.909. The molecule has 0 spiro atoms. The van der Waals surface area contributed by atoms with Crippen molar-refractivity contribution >= 4 is 24.3 Å². The van der Waals surface area contributed by atoms with Gasteiger partial charge in [0.25, 0.3) is 0 Å². The van der Waals surface area contributed by atoms with E-state index in [1.807, 2.05) is 13.8 Å². The maximum absolute atomic E-state index is 11.1. The van der Waals surface area contributed by atoms with E-state index >= 15 is 0 Å². The largest absolute Gasteiger partial charge is 0.480 e. The third kappa shape index (κ3) is 7.82. The summed E-state index contributed by atoms with van der Waals surface area (Å²) in [4.78, 5) is 21.2. The lowest BCUT2D eigenvalue weighted by atomic mass is 10.0. The van der Waals surface area contributed by atoms with Crippen molar-refractivity contribution in [3.8, 4) is 0 Å². The lowest BCUT2D eigenvalue weighted by Gasteiger charge is -2.12. The molecule has 0 bridgehead atoms. The van der Waals surface area contributed by atoms with Gasteiger partial charge in [0, 0.05) is 0 Å². The Hall–Kier alpha value is -0.810. The summed E-state index contributed by atoms with van der Waals surface area (Å²) in [5.74, 6) is -1.15. The van der Waals surface area contributed by atoms with Gasteiger partial charge in [0.1, 0.15) is 6.54 Å². The number of carboxylic acids is 1. The Morgan fingerprint density at radius 3 is 2.29 bits per heavy atom. The number of aliphatic carboxylic acids is 1. The van der Waals surface area contributed by atoms with Gasteiger partial charge in [-0.3, -0.25) is 9.59 Å². The Labute approximate surface area is 89.5 Å². The molecule has 1 atom stereocenters. The van der Waals surface area contributed by atoms with Crippen LogP contribution in [0.1, 0.15) is 20.3 Å². The number of carbonyl (C=O) groups excluding carboxylic acids is 1. The summed E-state index contributed by atoms with van der Waals surface area (Å²) in [6, 6.07) is -0.612. The maximum atomic E-state index is 11.1. The summed E-state index contributed by atoms with van der Waals surface area (Å²) in [5, 5.41) is 10.5. The number of halogens is 1. The number of hydrogen-bond acceptors (Lipinski definition) is 3. The molecular weight excluding hydrogens is 208 g/mol. The second-order valence-electron chi connectivity index (χ2n) is 3.35. The molecule has 0 aliphatic heterocycles. The molecule has 1 amide bonds. The van der Waals surface area contributed by atoms with Crippen LogP contribution < -0.4 is 11.1 Å². The number of rotatable bonds is 5. The summed E-state index contributed by atoms with van der Waals surface area (Å²) in [6.45, 7) is 3.53. The minimum Gasteiger partial charge on any atom is -0.480 e. The van der Waals surface area contributed by atoms with E-state index in [-0.39, 0.29) is 19.0 Å². The summed E-state index contributed by atoms with van der Waals surface area (Å²) in [6.07, 6.45) is 0.561. The molecule has 0 fully saturated rings. The number of nitrogens with two attached hydrogens (primary N) is 1. The van der Waals surface area contributed by atoms with Gasteiger partial charge in [-0.1, -0.05) is 13.8 Å². The molecule has 0 aromatic heterocycles. The molecule has 4 N–H and O–H groups in total. The van der Waals surface area contributed by atoms with E-state index in [1.54, 1.807) is 0 Å². The van der Waals surface area contributed by atoms with Gasteiger partial charge in [-0.2, -0.15) is 0 Å². The van der Waals surface area contributed by atoms with E-state index in [0.29, 0.717) is 12.3 Å². The molecule has 0 saturated heterocycles. The molecule has 0 radical (unpaired) electrons. The van der Waals surface area contributed by atoms with Crippen molar-refractivity contribution in [2.24, 2.45) is 11.7 Å². The first-order chi connectivity index (χ1) is 5.93. The number of carboxylic acid groups (broad SMARTS) is 1. The van der Waals surface area contributed by atoms with Gasteiger partial charge >= 0.3 is 5.97 Å². The Balaban J connectivity index is 0. The van der Waals surface area contributed by atoms with Crippen LogP contribution >= 0.6 is 12.4 Å². The van der Waals surface area contributed by atoms with Crippen molar-refractivity contribution in [2.45, 2.75) is 26.3 Å². The molecule has 5 nitrogen and oxygen atoms in total. The predicted octanol–water partition coefficient (Wildman–Crippen LogP) is -0.0176. The smallest absolute Gasteiger partial charge is 0.322 e. The highest BCUT2D eigenvalue weighted by Crippen LogP contribution is 2.01. The number of nitrogens with one attached hydrogen (secondary N) is 1. The zero-order chi connectivity index (χ0) is 10.4. The second-order valence-corrected chi connectivity index (χ2v) is 3.35. The van der Waals surface area contributed by atoms with E-state index in [0.717, 1.165) is 0 Å². The van der Waals surface area contributed by atoms with Crippen LogP contribution in [0.4, 0.5) is 0 Å². The first-order valence-electron chi connectivity index (χ1n) is 4.18. The third-order valence-electron chi connectivity index (χ3n) is 1.48. The summed E-state index contributed by atoms with van der Waals surface area (Å²) in [5.41, 5.74) is 5.50. The molecule has 0 unspecified atom stereocenters. The molecule has 84 valence electrons. The molecule has 0 aliphatic rings. The van der Waals surface area contributed by atoms with Gasteiger partial charge in [0.15, 0.2) is 0 Å². The van der Waals surface area contributed by atoms with Crippen LogP contribution in [0.2, 0.25) is 0 Å². The normalized spacial score (nSPS) is 11.7. The summed E-state index contributed by atoms with van der Waals surface area (Å²) < 4.78 is 0. The van der Waals surface area contributed by atoms with Gasteiger partial charge in [-0.15, -0.1) is 12.4 Å². The number of amides is 1. The Kier molecular flexibility index (Phi) is 8.48. The van der Waals surface area contributed by atoms with E-state index < -0.39 is 17.9 Å². The zero-order valence-electron chi connectivity index (χ0n) is 8.32. The molecule has 0 aliphatic carbocycles. The van der Waals surface area contributed by atoms with Crippen LogP contribution in [0.5, 0.6) is 0 Å². The van der Waals surface area contributed by atoms with Crippen LogP contribution in [0.3, 0.4) is 0 Å². The summed E-state index contributed by atoms with van der Waals surface area (Å²) >= 11 is 0. The molecular formula is C8H17ClN2O3. The van der Waals surface area contributed by atoms with E-state index in [2.05, 4.69) is 5.32 Å². The van der Waals surface area contributed by atoms with Crippen LogP contribution in [0, 0.1) is 5.92 Å². The van der Waals surface area contributed by atoms with Crippen LogP contribution in [0.25, 0.3) is 0 Å². The molecule has 6 heteroatoms. The Morgan fingerprint density at radius 1 is 1.43 bits per heavy atom. The van der Waals surface area contributed by atoms with Gasteiger partial charge in [0.2, 0.25) is 5.91 Å². The highest BCUT2D eigenvalue weighted by Gasteiger charge is 2.14. The van der Waals surface area contributed by atoms with Gasteiger partial charge < -0.3 is 16.2 Å². The molecule has 0 rings (SSSR count). The molecule has 14 heavy (non-hydrogen) atoms. The lowest BCUT2D eigenvalue weighted by Crippen LogP contribution is -2.43. The van der Waals surface area contributed by atoms with E-state index in [9.17, 15) is 9.59 Å². The topological polar surface area (TPSA) is 92.4 Å². The quantitative estimate of drug-likeness (QED) is 0.612. The lowest BCUT2D eigenvalue weighted by molar-refractivity contribution is -0.138. The summed E-state index contributed by atoms with van der Waals surface area (Å²) in [7, 11) is 0. The molecule has 0 aromatic rings. The van der Waals surface area contributed by atoms with Crippen molar-refractivity contribution in [3.05, 3.63) is 0 Å². The predicted molar refractivity (Wildman–Crippen MR) is 55.3 cm³/mol. The van der Waals surface area contributed by atoms with Gasteiger partial charge in [-0.25, -0.2) is 0 Å². The van der Waals surface area contributed by atoms with Crippen LogP contribution in [-0.4, -0.2) is 29.6 Å². The van der Waals surface area contributed by atoms with Crippen molar-refractivity contribution < 1.29 is 14.7 Å².